The van der Waals surface area contributed by atoms with Crippen LogP contribution in [-0.4, -0.2) is 29.4 Å². The Morgan fingerprint density at radius 2 is 1.89 bits per heavy atom. The van der Waals surface area contributed by atoms with Gasteiger partial charge in [-0.1, -0.05) is 24.3 Å². The lowest BCUT2D eigenvalue weighted by Crippen LogP contribution is -2.42. The van der Waals surface area contributed by atoms with Crippen LogP contribution in [0.15, 0.2) is 24.3 Å². The summed E-state index contributed by atoms with van der Waals surface area (Å²) in [4.78, 5) is 14.2. The molecule has 0 radical (unpaired) electrons. The summed E-state index contributed by atoms with van der Waals surface area (Å²) in [5.41, 5.74) is 8.55. The van der Waals surface area contributed by atoms with E-state index in [1.807, 2.05) is 13.8 Å². The minimum atomic E-state index is 0.0846. The summed E-state index contributed by atoms with van der Waals surface area (Å²) in [6.07, 6.45) is 0.475. The highest BCUT2D eigenvalue weighted by Crippen LogP contribution is 2.24. The van der Waals surface area contributed by atoms with Gasteiger partial charge in [0.05, 0.1) is 0 Å². The first-order chi connectivity index (χ1) is 9.10. The molecule has 1 heterocycles. The molecular weight excluding hydrogens is 238 g/mol. The van der Waals surface area contributed by atoms with Gasteiger partial charge in [-0.25, -0.2) is 0 Å². The monoisotopic (exact) mass is 261 g/mol. The van der Waals surface area contributed by atoms with E-state index in [0.29, 0.717) is 13.0 Å². The molecule has 3 N–H and O–H groups in total. The summed E-state index contributed by atoms with van der Waals surface area (Å²) < 4.78 is 0. The number of hydrogen-bond donors (Lipinski definition) is 2. The maximum atomic E-state index is 11.9. The molecule has 1 aromatic carbocycles. The largest absolute Gasteiger partial charge is 0.354 e. The molecule has 0 bridgehead atoms. The van der Waals surface area contributed by atoms with Gasteiger partial charge >= 0.3 is 0 Å². The summed E-state index contributed by atoms with van der Waals surface area (Å²) in [7, 11) is 0. The molecule has 19 heavy (non-hydrogen) atoms. The van der Waals surface area contributed by atoms with Crippen LogP contribution in [0, 0.1) is 0 Å². The molecular formula is C15H23N3O. The third-order valence-corrected chi connectivity index (χ3v) is 3.52. The molecule has 1 amide bonds. The maximum Gasteiger partial charge on any atom is 0.221 e. The first-order valence-corrected chi connectivity index (χ1v) is 6.90. The zero-order valence-electron chi connectivity index (χ0n) is 11.7. The number of nitrogens with one attached hydrogen (secondary N) is 1. The fourth-order valence-corrected chi connectivity index (χ4v) is 2.57. The molecule has 1 atom stereocenters. The molecule has 104 valence electrons. The Balaban J connectivity index is 1.95. The van der Waals surface area contributed by atoms with Crippen LogP contribution >= 0.6 is 0 Å². The standard InChI is InChI=1S/C15H23N3O/c1-11(2)17-15(19)7-14(8-16)18-9-12-5-3-4-6-13(12)10-18/h3-6,11,14H,7-10,16H2,1-2H3,(H,17,19). The molecule has 0 aliphatic carbocycles. The van der Waals surface area contributed by atoms with Crippen molar-refractivity contribution in [3.8, 4) is 0 Å². The summed E-state index contributed by atoms with van der Waals surface area (Å²) >= 11 is 0. The van der Waals surface area contributed by atoms with Crippen molar-refractivity contribution >= 4 is 5.91 Å². The lowest BCUT2D eigenvalue weighted by molar-refractivity contribution is -0.122. The maximum absolute atomic E-state index is 11.9. The van der Waals surface area contributed by atoms with E-state index < -0.39 is 0 Å². The van der Waals surface area contributed by atoms with Gasteiger partial charge in [-0.15, -0.1) is 0 Å². The van der Waals surface area contributed by atoms with Gasteiger partial charge in [-0.05, 0) is 25.0 Å². The number of rotatable bonds is 5. The SMILES string of the molecule is CC(C)NC(=O)CC(CN)N1Cc2ccccc2C1. The van der Waals surface area contributed by atoms with E-state index >= 15 is 0 Å². The lowest BCUT2D eigenvalue weighted by atomic mass is 10.1. The molecule has 4 heteroatoms. The smallest absolute Gasteiger partial charge is 0.221 e. The van der Waals surface area contributed by atoms with Crippen LogP contribution in [0.2, 0.25) is 0 Å². The average molecular weight is 261 g/mol. The average Bonchev–Trinajstić information content (AvgIpc) is 2.78. The van der Waals surface area contributed by atoms with E-state index in [1.54, 1.807) is 0 Å². The second-order valence-corrected chi connectivity index (χ2v) is 5.49. The number of carbonyl (C=O) groups is 1. The van der Waals surface area contributed by atoms with Gasteiger partial charge in [0.15, 0.2) is 0 Å². The number of carbonyl (C=O) groups excluding carboxylic acids is 1. The van der Waals surface area contributed by atoms with Crippen molar-refractivity contribution in [1.82, 2.24) is 10.2 Å². The zero-order chi connectivity index (χ0) is 13.8. The molecule has 0 saturated heterocycles. The van der Waals surface area contributed by atoms with Gasteiger partial charge in [0.2, 0.25) is 5.91 Å². The molecule has 1 aromatic rings. The Morgan fingerprint density at radius 1 is 1.32 bits per heavy atom. The highest BCUT2D eigenvalue weighted by Gasteiger charge is 2.26. The molecule has 0 spiro atoms. The summed E-state index contributed by atoms with van der Waals surface area (Å²) in [5, 5.41) is 2.93. The van der Waals surface area contributed by atoms with Crippen molar-refractivity contribution in [2.24, 2.45) is 5.73 Å². The Kier molecular flexibility index (Phi) is 4.56. The van der Waals surface area contributed by atoms with E-state index in [2.05, 4.69) is 34.5 Å². The quantitative estimate of drug-likeness (QED) is 0.838. The number of amides is 1. The van der Waals surface area contributed by atoms with Crippen molar-refractivity contribution in [3.63, 3.8) is 0 Å². The van der Waals surface area contributed by atoms with Crippen molar-refractivity contribution in [1.29, 1.82) is 0 Å². The van der Waals surface area contributed by atoms with Gasteiger partial charge in [-0.2, -0.15) is 0 Å². The normalized spacial score (nSPS) is 16.4. The second-order valence-electron chi connectivity index (χ2n) is 5.49. The van der Waals surface area contributed by atoms with Crippen LogP contribution < -0.4 is 11.1 Å². The van der Waals surface area contributed by atoms with E-state index in [4.69, 9.17) is 5.73 Å². The third kappa shape index (κ3) is 3.55. The van der Waals surface area contributed by atoms with Crippen molar-refractivity contribution in [2.45, 2.75) is 45.4 Å². The summed E-state index contributed by atoms with van der Waals surface area (Å²) in [6, 6.07) is 8.72. The second kappa shape index (κ2) is 6.17. The Hall–Kier alpha value is -1.39. The van der Waals surface area contributed by atoms with Crippen LogP contribution in [0.4, 0.5) is 0 Å². The van der Waals surface area contributed by atoms with Crippen LogP contribution in [-0.2, 0) is 17.9 Å². The highest BCUT2D eigenvalue weighted by atomic mass is 16.1. The predicted molar refractivity (Wildman–Crippen MR) is 76.4 cm³/mol. The number of hydrogen-bond acceptors (Lipinski definition) is 3. The van der Waals surface area contributed by atoms with Crippen LogP contribution in [0.25, 0.3) is 0 Å². The molecule has 1 unspecified atom stereocenters. The van der Waals surface area contributed by atoms with Gasteiger partial charge in [0.25, 0.3) is 0 Å². The first kappa shape index (κ1) is 14.0. The Bertz CT molecular complexity index is 420. The number of nitrogens with zero attached hydrogens (tertiary/aromatic N) is 1. The van der Waals surface area contributed by atoms with E-state index in [0.717, 1.165) is 13.1 Å². The molecule has 0 aromatic heterocycles. The first-order valence-electron chi connectivity index (χ1n) is 6.90. The molecule has 0 fully saturated rings. The van der Waals surface area contributed by atoms with Gasteiger partial charge in [0, 0.05) is 38.1 Å². The fraction of sp³-hybridized carbons (Fsp3) is 0.533. The molecule has 0 saturated carbocycles. The minimum absolute atomic E-state index is 0.0846. The van der Waals surface area contributed by atoms with Crippen molar-refractivity contribution in [2.75, 3.05) is 6.54 Å². The summed E-state index contributed by atoms with van der Waals surface area (Å²) in [6.45, 7) is 6.25. The number of nitrogens with two attached hydrogens (primary N) is 1. The predicted octanol–water partition coefficient (Wildman–Crippen LogP) is 1.24. The lowest BCUT2D eigenvalue weighted by Gasteiger charge is -2.26. The van der Waals surface area contributed by atoms with Crippen LogP contribution in [0.1, 0.15) is 31.4 Å². The highest BCUT2D eigenvalue weighted by molar-refractivity contribution is 5.76. The van der Waals surface area contributed by atoms with Gasteiger partial charge in [-0.3, -0.25) is 9.69 Å². The molecule has 4 nitrogen and oxygen atoms in total. The van der Waals surface area contributed by atoms with Crippen molar-refractivity contribution < 1.29 is 4.79 Å². The zero-order valence-corrected chi connectivity index (χ0v) is 11.7. The van der Waals surface area contributed by atoms with Gasteiger partial charge in [0.1, 0.15) is 0 Å². The molecule has 1 aliphatic heterocycles. The van der Waals surface area contributed by atoms with Crippen LogP contribution in [0.3, 0.4) is 0 Å². The van der Waals surface area contributed by atoms with Gasteiger partial charge < -0.3 is 11.1 Å². The van der Waals surface area contributed by atoms with Crippen molar-refractivity contribution in [3.05, 3.63) is 35.4 Å². The Morgan fingerprint density at radius 3 is 2.37 bits per heavy atom. The summed E-state index contributed by atoms with van der Waals surface area (Å²) in [5.74, 6) is 0.0846. The molecule has 1 aliphatic rings. The minimum Gasteiger partial charge on any atom is -0.354 e. The number of fused-ring (bicyclic) bond motifs is 1. The number of benzene rings is 1. The topological polar surface area (TPSA) is 58.4 Å². The fourth-order valence-electron chi connectivity index (χ4n) is 2.57. The third-order valence-electron chi connectivity index (χ3n) is 3.52. The molecule has 2 rings (SSSR count). The van der Waals surface area contributed by atoms with E-state index in [9.17, 15) is 4.79 Å². The van der Waals surface area contributed by atoms with E-state index in [-0.39, 0.29) is 18.0 Å². The van der Waals surface area contributed by atoms with E-state index in [1.165, 1.54) is 11.1 Å². The van der Waals surface area contributed by atoms with Crippen LogP contribution in [0.5, 0.6) is 0 Å². The Labute approximate surface area is 115 Å².